The van der Waals surface area contributed by atoms with Crippen molar-refractivity contribution in [3.05, 3.63) is 101 Å². The van der Waals surface area contributed by atoms with Crippen molar-refractivity contribution in [3.63, 3.8) is 0 Å². The van der Waals surface area contributed by atoms with E-state index in [0.717, 1.165) is 11.1 Å². The fraction of sp³-hybridized carbons (Fsp3) is 0.160. The van der Waals surface area contributed by atoms with Crippen LogP contribution in [0.5, 0.6) is 0 Å². The van der Waals surface area contributed by atoms with Gasteiger partial charge in [-0.1, -0.05) is 54.6 Å². The summed E-state index contributed by atoms with van der Waals surface area (Å²) in [5, 5.41) is 22.3. The van der Waals surface area contributed by atoms with Gasteiger partial charge in [-0.2, -0.15) is 5.26 Å². The van der Waals surface area contributed by atoms with Gasteiger partial charge in [0.25, 0.3) is 0 Å². The van der Waals surface area contributed by atoms with Gasteiger partial charge in [-0.05, 0) is 46.9 Å². The number of benzene rings is 3. The number of carboxylic acids is 1. The number of nitriles is 1. The van der Waals surface area contributed by atoms with Crippen molar-refractivity contribution in [2.45, 2.75) is 18.3 Å². The average Bonchev–Trinajstić information content (AvgIpc) is 2.79. The van der Waals surface area contributed by atoms with Crippen LogP contribution in [-0.2, 0) is 4.79 Å². The van der Waals surface area contributed by atoms with Gasteiger partial charge in [0.15, 0.2) is 0 Å². The van der Waals surface area contributed by atoms with Gasteiger partial charge >= 0.3 is 5.97 Å². The fourth-order valence-electron chi connectivity index (χ4n) is 5.07. The van der Waals surface area contributed by atoms with Gasteiger partial charge in [0.2, 0.25) is 5.91 Å². The minimum Gasteiger partial charge on any atom is -0.478 e. The number of carbonyl (C=O) groups is 2. The molecule has 0 saturated carbocycles. The van der Waals surface area contributed by atoms with E-state index in [0.29, 0.717) is 12.1 Å². The molecule has 1 atom stereocenters. The number of aromatic carboxylic acids is 1. The molecule has 5 heteroatoms. The normalized spacial score (nSPS) is 23.0. The van der Waals surface area contributed by atoms with E-state index in [1.165, 1.54) is 23.3 Å². The zero-order valence-electron chi connectivity index (χ0n) is 16.0. The van der Waals surface area contributed by atoms with Crippen LogP contribution in [0.3, 0.4) is 0 Å². The lowest BCUT2D eigenvalue weighted by molar-refractivity contribution is -0.124. The first kappa shape index (κ1) is 18.1. The van der Waals surface area contributed by atoms with Crippen LogP contribution in [0, 0.1) is 16.7 Å². The highest BCUT2D eigenvalue weighted by atomic mass is 16.4. The Kier molecular flexibility index (Phi) is 3.97. The Morgan fingerprint density at radius 1 is 0.933 bits per heavy atom. The Bertz CT molecular complexity index is 1200. The van der Waals surface area contributed by atoms with Crippen LogP contribution < -0.4 is 5.32 Å². The third-order valence-corrected chi connectivity index (χ3v) is 6.36. The van der Waals surface area contributed by atoms with E-state index in [-0.39, 0.29) is 17.4 Å². The largest absolute Gasteiger partial charge is 0.478 e. The lowest BCUT2D eigenvalue weighted by Crippen LogP contribution is -2.48. The molecule has 0 saturated heterocycles. The molecule has 5 nitrogen and oxygen atoms in total. The highest BCUT2D eigenvalue weighted by Gasteiger charge is 2.57. The first-order chi connectivity index (χ1) is 14.5. The maximum Gasteiger partial charge on any atom is 0.335 e. The molecule has 1 amide bonds. The van der Waals surface area contributed by atoms with Gasteiger partial charge in [0.1, 0.15) is 5.41 Å². The predicted octanol–water partition coefficient (Wildman–Crippen LogP) is 4.51. The standard InChI is InChI=1S/C25H18N2O3/c26-14-25(24(30)27-16-7-5-6-15(12-16)23(28)29)13-21-17-8-1-3-10-19(17)22(25)20-11-4-2-9-18(20)21/h1-12,21-22H,13H2,(H,27,30)(H,28,29)/t21?,22?,25-/m0/s1. The molecule has 3 aromatic rings. The van der Waals surface area contributed by atoms with Crippen molar-refractivity contribution in [2.75, 3.05) is 5.32 Å². The molecule has 6 rings (SSSR count). The lowest BCUT2D eigenvalue weighted by atomic mass is 9.52. The van der Waals surface area contributed by atoms with Crippen LogP contribution in [0.2, 0.25) is 0 Å². The molecular formula is C25H18N2O3. The number of anilines is 1. The molecule has 2 bridgehead atoms. The topological polar surface area (TPSA) is 90.2 Å². The van der Waals surface area contributed by atoms with Crippen LogP contribution in [0.1, 0.15) is 50.9 Å². The summed E-state index contributed by atoms with van der Waals surface area (Å²) in [6.07, 6.45) is 0.395. The summed E-state index contributed by atoms with van der Waals surface area (Å²) in [5.74, 6) is -1.87. The van der Waals surface area contributed by atoms with Crippen molar-refractivity contribution in [1.29, 1.82) is 5.26 Å². The zero-order chi connectivity index (χ0) is 20.9. The van der Waals surface area contributed by atoms with E-state index >= 15 is 0 Å². The van der Waals surface area contributed by atoms with Gasteiger partial charge in [-0.3, -0.25) is 4.79 Å². The highest BCUT2D eigenvalue weighted by Crippen LogP contribution is 2.61. The number of fused-ring (bicyclic) bond motifs is 1. The number of hydrogen-bond acceptors (Lipinski definition) is 3. The number of hydrogen-bond donors (Lipinski definition) is 2. The van der Waals surface area contributed by atoms with Crippen molar-refractivity contribution in [2.24, 2.45) is 5.41 Å². The predicted molar refractivity (Wildman–Crippen MR) is 111 cm³/mol. The van der Waals surface area contributed by atoms with E-state index in [1.54, 1.807) is 12.1 Å². The van der Waals surface area contributed by atoms with Gasteiger partial charge in [-0.25, -0.2) is 4.79 Å². The molecule has 3 aliphatic carbocycles. The number of nitrogens with one attached hydrogen (secondary N) is 1. The van der Waals surface area contributed by atoms with Gasteiger partial charge in [-0.15, -0.1) is 0 Å². The summed E-state index contributed by atoms with van der Waals surface area (Å²) in [6, 6.07) is 24.5. The monoisotopic (exact) mass is 394 g/mol. The molecule has 0 fully saturated rings. The lowest BCUT2D eigenvalue weighted by Gasteiger charge is -2.48. The van der Waals surface area contributed by atoms with Crippen molar-refractivity contribution in [3.8, 4) is 6.07 Å². The van der Waals surface area contributed by atoms with E-state index in [9.17, 15) is 20.0 Å². The Labute approximate surface area is 173 Å². The maximum atomic E-state index is 13.5. The van der Waals surface area contributed by atoms with Crippen LogP contribution in [0.25, 0.3) is 0 Å². The number of carbonyl (C=O) groups excluding carboxylic acids is 1. The molecule has 0 aliphatic heterocycles. The summed E-state index contributed by atoms with van der Waals surface area (Å²) in [4.78, 5) is 24.8. The average molecular weight is 394 g/mol. The minimum absolute atomic E-state index is 0.0295. The van der Waals surface area contributed by atoms with E-state index in [2.05, 4.69) is 23.5 Å². The van der Waals surface area contributed by atoms with E-state index < -0.39 is 17.3 Å². The molecular weight excluding hydrogens is 376 g/mol. The Morgan fingerprint density at radius 3 is 2.10 bits per heavy atom. The van der Waals surface area contributed by atoms with Crippen molar-refractivity contribution in [1.82, 2.24) is 0 Å². The molecule has 0 heterocycles. The van der Waals surface area contributed by atoms with Crippen LogP contribution in [0.15, 0.2) is 72.8 Å². The number of carboxylic acid groups (broad SMARTS) is 1. The molecule has 0 spiro atoms. The number of amides is 1. The summed E-state index contributed by atoms with van der Waals surface area (Å²) >= 11 is 0. The zero-order valence-corrected chi connectivity index (χ0v) is 16.0. The van der Waals surface area contributed by atoms with E-state index in [1.807, 2.05) is 36.4 Å². The third kappa shape index (κ3) is 2.47. The van der Waals surface area contributed by atoms with Gasteiger partial charge in [0, 0.05) is 17.5 Å². The van der Waals surface area contributed by atoms with Crippen molar-refractivity contribution < 1.29 is 14.7 Å². The Hall–Kier alpha value is -3.91. The summed E-state index contributed by atoms with van der Waals surface area (Å²) in [5.41, 5.74) is 3.57. The summed E-state index contributed by atoms with van der Waals surface area (Å²) < 4.78 is 0. The number of rotatable bonds is 3. The third-order valence-electron chi connectivity index (χ3n) is 6.36. The van der Waals surface area contributed by atoms with Crippen LogP contribution >= 0.6 is 0 Å². The van der Waals surface area contributed by atoms with E-state index in [4.69, 9.17) is 0 Å². The summed E-state index contributed by atoms with van der Waals surface area (Å²) in [7, 11) is 0. The van der Waals surface area contributed by atoms with Crippen LogP contribution in [-0.4, -0.2) is 17.0 Å². The minimum atomic E-state index is -1.27. The fourth-order valence-corrected chi connectivity index (χ4v) is 5.07. The molecule has 3 aliphatic rings. The first-order valence-corrected chi connectivity index (χ1v) is 9.79. The molecule has 0 radical (unpaired) electrons. The van der Waals surface area contributed by atoms with Crippen molar-refractivity contribution >= 4 is 17.6 Å². The Balaban J connectivity index is 1.61. The first-order valence-electron chi connectivity index (χ1n) is 9.79. The second-order valence-corrected chi connectivity index (χ2v) is 7.87. The second-order valence-electron chi connectivity index (χ2n) is 7.87. The molecule has 0 unspecified atom stereocenters. The molecule has 30 heavy (non-hydrogen) atoms. The highest BCUT2D eigenvalue weighted by molar-refractivity contribution is 6.00. The SMILES string of the molecule is N#C[C@@]1(C(=O)Nc2cccc(C(=O)O)c2)CC2c3ccccc3C1c1ccccc12. The van der Waals surface area contributed by atoms with Crippen LogP contribution in [0.4, 0.5) is 5.69 Å². The Morgan fingerprint density at radius 2 is 1.53 bits per heavy atom. The molecule has 0 aromatic heterocycles. The quantitative estimate of drug-likeness (QED) is 0.684. The summed E-state index contributed by atoms with van der Waals surface area (Å²) in [6.45, 7) is 0. The van der Waals surface area contributed by atoms with Gasteiger partial charge in [0.05, 0.1) is 11.6 Å². The smallest absolute Gasteiger partial charge is 0.335 e. The second kappa shape index (κ2) is 6.57. The maximum absolute atomic E-state index is 13.5. The molecule has 2 N–H and O–H groups in total. The number of nitrogens with zero attached hydrogens (tertiary/aromatic N) is 1. The molecule has 3 aromatic carbocycles. The van der Waals surface area contributed by atoms with Gasteiger partial charge < -0.3 is 10.4 Å². The molecule has 146 valence electrons.